The van der Waals surface area contributed by atoms with Crippen molar-refractivity contribution in [2.45, 2.75) is 13.1 Å². The van der Waals surface area contributed by atoms with E-state index in [9.17, 15) is 18.4 Å². The van der Waals surface area contributed by atoms with Crippen molar-refractivity contribution in [3.05, 3.63) is 104 Å². The first kappa shape index (κ1) is 24.0. The number of aryl methyl sites for hydroxylation is 1. The number of hydrogen-bond acceptors (Lipinski definition) is 4. The number of fused-ring (bicyclic) bond motifs is 3. The van der Waals surface area contributed by atoms with E-state index >= 15 is 0 Å². The summed E-state index contributed by atoms with van der Waals surface area (Å²) in [6.07, 6.45) is -0.782. The maximum Gasteiger partial charge on any atom is 0.416 e. The standard InChI is InChI=1S/C28H15F3N2S3/c1-16-3-5-17(6-4-16)19(15-32)11-21-13-24-26(34-21)27-25(36-24)14-22(35-27)12-23(33-2)18-7-9-20(10-8-18)28(29,30)31/h3-14H,1H3/b19-11+,23-12-. The van der Waals surface area contributed by atoms with Crippen molar-refractivity contribution in [2.75, 3.05) is 0 Å². The molecule has 8 heteroatoms. The lowest BCUT2D eigenvalue weighted by molar-refractivity contribution is -0.137. The smallest absolute Gasteiger partial charge is 0.237 e. The number of rotatable bonds is 4. The number of halogens is 3. The Labute approximate surface area is 217 Å². The zero-order valence-electron chi connectivity index (χ0n) is 18.7. The molecule has 0 saturated carbocycles. The Hall–Kier alpha value is -3.69. The van der Waals surface area contributed by atoms with E-state index in [1.54, 1.807) is 40.1 Å². The lowest BCUT2D eigenvalue weighted by Gasteiger charge is -2.07. The molecule has 176 valence electrons. The van der Waals surface area contributed by atoms with Gasteiger partial charge >= 0.3 is 6.18 Å². The number of alkyl halides is 3. The van der Waals surface area contributed by atoms with Crippen LogP contribution in [0.1, 0.15) is 32.0 Å². The molecular formula is C28H15F3N2S3. The van der Waals surface area contributed by atoms with Gasteiger partial charge in [0.15, 0.2) is 5.70 Å². The van der Waals surface area contributed by atoms with Crippen molar-refractivity contribution in [3.8, 4) is 6.07 Å². The first-order valence-corrected chi connectivity index (χ1v) is 13.1. The largest absolute Gasteiger partial charge is 0.416 e. The first-order valence-electron chi connectivity index (χ1n) is 10.7. The van der Waals surface area contributed by atoms with Crippen LogP contribution < -0.4 is 0 Å². The SMILES string of the molecule is [C-]#[N+]/C(=C\c1cc2sc3cc(/C=C(\C#N)c4ccc(C)cc4)sc3c2s1)c1ccc(C(F)(F)F)cc1. The van der Waals surface area contributed by atoms with Crippen LogP contribution in [0, 0.1) is 24.8 Å². The maximum absolute atomic E-state index is 12.9. The molecule has 0 saturated heterocycles. The van der Waals surface area contributed by atoms with E-state index < -0.39 is 11.7 Å². The highest BCUT2D eigenvalue weighted by Gasteiger charge is 2.30. The number of thiophene rings is 3. The Morgan fingerprint density at radius 1 is 0.861 bits per heavy atom. The summed E-state index contributed by atoms with van der Waals surface area (Å²) in [6.45, 7) is 9.54. The number of benzene rings is 2. The molecule has 0 aliphatic carbocycles. The quantitative estimate of drug-likeness (QED) is 0.167. The molecule has 36 heavy (non-hydrogen) atoms. The number of nitriles is 1. The zero-order chi connectivity index (χ0) is 25.4. The van der Waals surface area contributed by atoms with E-state index in [4.69, 9.17) is 6.57 Å². The number of hydrogen-bond donors (Lipinski definition) is 0. The Morgan fingerprint density at radius 3 is 1.94 bits per heavy atom. The number of allylic oxidation sites excluding steroid dienone is 1. The molecule has 0 radical (unpaired) electrons. The summed E-state index contributed by atoms with van der Waals surface area (Å²) in [7, 11) is 0. The van der Waals surface area contributed by atoms with Gasteiger partial charge in [-0.15, -0.1) is 34.0 Å². The van der Waals surface area contributed by atoms with Crippen LogP contribution >= 0.6 is 34.0 Å². The van der Waals surface area contributed by atoms with Gasteiger partial charge in [0.05, 0.1) is 33.2 Å². The highest BCUT2D eigenvalue weighted by molar-refractivity contribution is 7.38. The monoisotopic (exact) mass is 532 g/mol. The Balaban J connectivity index is 1.47. The second-order valence-corrected chi connectivity index (χ2v) is 11.3. The average molecular weight is 533 g/mol. The van der Waals surface area contributed by atoms with Gasteiger partial charge in [-0.1, -0.05) is 54.1 Å². The summed E-state index contributed by atoms with van der Waals surface area (Å²) < 4.78 is 43.1. The Bertz CT molecular complexity index is 1730. The molecule has 0 amide bonds. The van der Waals surface area contributed by atoms with E-state index in [1.165, 1.54) is 12.1 Å². The summed E-state index contributed by atoms with van der Waals surface area (Å²) in [6, 6.07) is 18.9. The van der Waals surface area contributed by atoms with Crippen LogP contribution in [0.5, 0.6) is 0 Å². The summed E-state index contributed by atoms with van der Waals surface area (Å²) in [5.74, 6) is 0. The molecule has 0 unspecified atom stereocenters. The molecule has 0 aliphatic heterocycles. The predicted octanol–water partition coefficient (Wildman–Crippen LogP) is 9.99. The predicted molar refractivity (Wildman–Crippen MR) is 146 cm³/mol. The van der Waals surface area contributed by atoms with Gasteiger partial charge in [-0.25, -0.2) is 4.85 Å². The molecule has 2 aromatic carbocycles. The van der Waals surface area contributed by atoms with E-state index in [1.807, 2.05) is 43.3 Å². The fraction of sp³-hybridized carbons (Fsp3) is 0.0714. The molecule has 0 N–H and O–H groups in total. The third-order valence-electron chi connectivity index (χ3n) is 5.54. The van der Waals surface area contributed by atoms with Crippen molar-refractivity contribution >= 4 is 76.2 Å². The third kappa shape index (κ3) is 4.72. The van der Waals surface area contributed by atoms with Crippen molar-refractivity contribution < 1.29 is 13.2 Å². The minimum absolute atomic E-state index is 0.292. The fourth-order valence-corrected chi connectivity index (χ4v) is 7.64. The highest BCUT2D eigenvalue weighted by Crippen LogP contribution is 2.45. The molecule has 3 heterocycles. The second kappa shape index (κ2) is 9.40. The van der Waals surface area contributed by atoms with Gasteiger partial charge in [0.2, 0.25) is 0 Å². The van der Waals surface area contributed by atoms with Crippen molar-refractivity contribution in [1.82, 2.24) is 0 Å². The molecule has 5 rings (SSSR count). The van der Waals surface area contributed by atoms with Crippen molar-refractivity contribution in [2.24, 2.45) is 0 Å². The summed E-state index contributed by atoms with van der Waals surface area (Å²) >= 11 is 4.82. The lowest BCUT2D eigenvalue weighted by atomic mass is 10.0. The summed E-state index contributed by atoms with van der Waals surface area (Å²) in [5, 5.41) is 9.67. The van der Waals surface area contributed by atoms with Crippen LogP contribution in [0.15, 0.2) is 60.7 Å². The molecule has 0 spiro atoms. The van der Waals surface area contributed by atoms with Crippen LogP contribution in [0.2, 0.25) is 0 Å². The van der Waals surface area contributed by atoms with Gasteiger partial charge in [-0.05, 0) is 42.3 Å². The van der Waals surface area contributed by atoms with Crippen LogP contribution in [0.25, 0.3) is 47.1 Å². The molecule has 5 aromatic rings. The van der Waals surface area contributed by atoms with Crippen LogP contribution in [-0.4, -0.2) is 0 Å². The van der Waals surface area contributed by atoms with Gasteiger partial charge in [-0.2, -0.15) is 18.4 Å². The van der Waals surface area contributed by atoms with E-state index in [2.05, 4.69) is 17.0 Å². The fourth-order valence-electron chi connectivity index (χ4n) is 3.71. The molecular weight excluding hydrogens is 518 g/mol. The minimum Gasteiger partial charge on any atom is -0.237 e. The topological polar surface area (TPSA) is 28.1 Å². The van der Waals surface area contributed by atoms with Gasteiger partial charge in [0.25, 0.3) is 0 Å². The number of nitrogens with zero attached hydrogens (tertiary/aromatic N) is 2. The van der Waals surface area contributed by atoms with E-state index in [-0.39, 0.29) is 0 Å². The molecule has 0 bridgehead atoms. The molecule has 3 aromatic heterocycles. The van der Waals surface area contributed by atoms with Crippen LogP contribution in [-0.2, 0) is 6.18 Å². The van der Waals surface area contributed by atoms with E-state index in [0.717, 1.165) is 51.8 Å². The second-order valence-electron chi connectivity index (χ2n) is 8.04. The molecule has 2 nitrogen and oxygen atoms in total. The molecule has 0 fully saturated rings. The summed E-state index contributed by atoms with van der Waals surface area (Å²) in [5.41, 5.74) is 2.62. The summed E-state index contributed by atoms with van der Waals surface area (Å²) in [4.78, 5) is 5.41. The van der Waals surface area contributed by atoms with Crippen molar-refractivity contribution in [1.29, 1.82) is 5.26 Å². The molecule has 0 atom stereocenters. The van der Waals surface area contributed by atoms with Gasteiger partial charge < -0.3 is 0 Å². The van der Waals surface area contributed by atoms with Gasteiger partial charge in [0.1, 0.15) is 0 Å². The molecule has 0 aliphatic rings. The first-order chi connectivity index (χ1) is 17.2. The Kier molecular flexibility index (Phi) is 6.27. The van der Waals surface area contributed by atoms with E-state index in [0.29, 0.717) is 16.8 Å². The normalized spacial score (nSPS) is 12.7. The lowest BCUT2D eigenvalue weighted by Crippen LogP contribution is -2.04. The third-order valence-corrected chi connectivity index (χ3v) is 9.21. The maximum atomic E-state index is 12.9. The van der Waals surface area contributed by atoms with Crippen LogP contribution in [0.4, 0.5) is 13.2 Å². The van der Waals surface area contributed by atoms with Gasteiger partial charge in [-0.3, -0.25) is 0 Å². The minimum atomic E-state index is -4.41. The van der Waals surface area contributed by atoms with Crippen molar-refractivity contribution in [3.63, 3.8) is 0 Å². The highest BCUT2D eigenvalue weighted by atomic mass is 32.1. The van der Waals surface area contributed by atoms with Gasteiger partial charge in [0, 0.05) is 19.2 Å². The van der Waals surface area contributed by atoms with Crippen LogP contribution in [0.3, 0.4) is 0 Å². The average Bonchev–Trinajstić information content (AvgIpc) is 3.51. The zero-order valence-corrected chi connectivity index (χ0v) is 21.1. The Morgan fingerprint density at radius 2 is 1.42 bits per heavy atom.